The van der Waals surface area contributed by atoms with Crippen molar-refractivity contribution >= 4 is 10.8 Å². The van der Waals surface area contributed by atoms with Crippen LogP contribution in [-0.4, -0.2) is 6.61 Å². The first-order valence-corrected chi connectivity index (χ1v) is 9.62. The molecule has 0 amide bonds. The predicted octanol–water partition coefficient (Wildman–Crippen LogP) is 7.75. The number of benzene rings is 4. The molecule has 31 heavy (non-hydrogen) atoms. The van der Waals surface area contributed by atoms with Crippen LogP contribution in [0.25, 0.3) is 33.0 Å². The number of hydrogen-bond donors (Lipinski definition) is 0. The van der Waals surface area contributed by atoms with Crippen LogP contribution in [0.15, 0.2) is 66.7 Å². The van der Waals surface area contributed by atoms with Crippen LogP contribution >= 0.6 is 0 Å². The van der Waals surface area contributed by atoms with Crippen LogP contribution in [0, 0.1) is 17.5 Å². The summed E-state index contributed by atoms with van der Waals surface area (Å²) in [7, 11) is 0. The summed E-state index contributed by atoms with van der Waals surface area (Å²) in [5.41, 5.74) is 1.59. The molecule has 0 N–H and O–H groups in total. The highest BCUT2D eigenvalue weighted by atomic mass is 19.3. The molecule has 0 bridgehead atoms. The highest BCUT2D eigenvalue weighted by Gasteiger charge is 2.17. The molecular formula is C25H17F5O. The van der Waals surface area contributed by atoms with E-state index in [2.05, 4.69) is 17.7 Å². The van der Waals surface area contributed by atoms with E-state index in [-0.39, 0.29) is 5.56 Å². The molecule has 4 aromatic carbocycles. The quantitative estimate of drug-likeness (QED) is 0.295. The largest absolute Gasteiger partial charge is 0.432 e. The van der Waals surface area contributed by atoms with Crippen molar-refractivity contribution in [3.8, 4) is 28.0 Å². The smallest absolute Gasteiger partial charge is 0.387 e. The third-order valence-corrected chi connectivity index (χ3v) is 5.12. The Labute approximate surface area is 175 Å². The van der Waals surface area contributed by atoms with E-state index >= 15 is 0 Å². The highest BCUT2D eigenvalue weighted by Crippen LogP contribution is 2.34. The summed E-state index contributed by atoms with van der Waals surface area (Å²) in [5.74, 6) is -3.61. The second-order valence-electron chi connectivity index (χ2n) is 7.09. The number of rotatable bonds is 5. The lowest BCUT2D eigenvalue weighted by Gasteiger charge is -2.11. The summed E-state index contributed by atoms with van der Waals surface area (Å²) >= 11 is 0. The first kappa shape index (κ1) is 20.8. The third kappa shape index (κ3) is 4.24. The normalized spacial score (nSPS) is 11.3. The molecule has 0 saturated heterocycles. The zero-order valence-electron chi connectivity index (χ0n) is 16.4. The standard InChI is InChI=1S/C25H17F5O/c1-2-14-3-4-16-10-17(6-5-15(16)9-14)19-12-21(27)24(22(28)13-19)18-7-8-23(20(26)11-18)31-25(29)30/h3-13,25H,2H2,1H3. The molecule has 0 radical (unpaired) electrons. The van der Waals surface area contributed by atoms with Crippen LogP contribution < -0.4 is 4.74 Å². The van der Waals surface area contributed by atoms with Gasteiger partial charge in [0.15, 0.2) is 11.6 Å². The van der Waals surface area contributed by atoms with Gasteiger partial charge in [-0.2, -0.15) is 8.78 Å². The molecule has 0 saturated carbocycles. The van der Waals surface area contributed by atoms with Gasteiger partial charge in [-0.15, -0.1) is 0 Å². The van der Waals surface area contributed by atoms with Crippen molar-refractivity contribution in [3.05, 3.63) is 89.7 Å². The predicted molar refractivity (Wildman–Crippen MR) is 111 cm³/mol. The van der Waals surface area contributed by atoms with Crippen LogP contribution in [0.4, 0.5) is 22.0 Å². The van der Waals surface area contributed by atoms with E-state index in [9.17, 15) is 22.0 Å². The Balaban J connectivity index is 1.72. The van der Waals surface area contributed by atoms with E-state index in [4.69, 9.17) is 0 Å². The van der Waals surface area contributed by atoms with E-state index in [1.54, 1.807) is 6.07 Å². The first-order chi connectivity index (χ1) is 14.9. The van der Waals surface area contributed by atoms with Gasteiger partial charge in [0.05, 0.1) is 5.56 Å². The van der Waals surface area contributed by atoms with Crippen LogP contribution in [-0.2, 0) is 6.42 Å². The number of alkyl halides is 2. The lowest BCUT2D eigenvalue weighted by Crippen LogP contribution is -2.03. The molecule has 0 unspecified atom stereocenters. The molecule has 0 spiro atoms. The Morgan fingerprint density at radius 2 is 1.29 bits per heavy atom. The monoisotopic (exact) mass is 428 g/mol. The zero-order chi connectivity index (χ0) is 22.1. The van der Waals surface area contributed by atoms with Crippen molar-refractivity contribution in [2.75, 3.05) is 0 Å². The summed E-state index contributed by atoms with van der Waals surface area (Å²) in [4.78, 5) is 0. The summed E-state index contributed by atoms with van der Waals surface area (Å²) in [6.07, 6.45) is 0.908. The Morgan fingerprint density at radius 1 is 0.677 bits per heavy atom. The van der Waals surface area contributed by atoms with Gasteiger partial charge in [0.2, 0.25) is 0 Å². The average molecular weight is 428 g/mol. The lowest BCUT2D eigenvalue weighted by molar-refractivity contribution is -0.0521. The molecular weight excluding hydrogens is 411 g/mol. The van der Waals surface area contributed by atoms with E-state index in [1.165, 1.54) is 17.7 Å². The van der Waals surface area contributed by atoms with Crippen LogP contribution in [0.2, 0.25) is 0 Å². The molecule has 0 aliphatic carbocycles. The molecule has 4 aromatic rings. The van der Waals surface area contributed by atoms with E-state index in [0.29, 0.717) is 11.1 Å². The minimum atomic E-state index is -3.20. The van der Waals surface area contributed by atoms with Gasteiger partial charge in [-0.3, -0.25) is 0 Å². The van der Waals surface area contributed by atoms with Crippen molar-refractivity contribution in [2.24, 2.45) is 0 Å². The van der Waals surface area contributed by atoms with E-state index in [0.717, 1.165) is 35.4 Å². The Hall–Kier alpha value is -3.41. The van der Waals surface area contributed by atoms with Gasteiger partial charge in [0.25, 0.3) is 0 Å². The SMILES string of the molecule is CCc1ccc2cc(-c3cc(F)c(-c4ccc(OC(F)F)c(F)c4)c(F)c3)ccc2c1. The summed E-state index contributed by atoms with van der Waals surface area (Å²) in [6.45, 7) is -1.14. The highest BCUT2D eigenvalue weighted by molar-refractivity contribution is 5.88. The van der Waals surface area contributed by atoms with Crippen LogP contribution in [0.1, 0.15) is 12.5 Å². The fourth-order valence-electron chi connectivity index (χ4n) is 3.56. The Morgan fingerprint density at radius 3 is 1.94 bits per heavy atom. The summed E-state index contributed by atoms with van der Waals surface area (Å²) < 4.78 is 72.2. The van der Waals surface area contributed by atoms with Gasteiger partial charge >= 0.3 is 6.61 Å². The maximum Gasteiger partial charge on any atom is 0.387 e. The molecule has 6 heteroatoms. The average Bonchev–Trinajstić information content (AvgIpc) is 2.74. The third-order valence-electron chi connectivity index (χ3n) is 5.12. The molecule has 0 atom stereocenters. The Kier molecular flexibility index (Phi) is 5.63. The molecule has 0 aliphatic heterocycles. The molecule has 0 heterocycles. The first-order valence-electron chi connectivity index (χ1n) is 9.62. The molecule has 158 valence electrons. The van der Waals surface area contributed by atoms with Gasteiger partial charge in [0, 0.05) is 0 Å². The molecule has 4 rings (SSSR count). The minimum Gasteiger partial charge on any atom is -0.432 e. The number of aryl methyl sites for hydroxylation is 1. The summed E-state index contributed by atoms with van der Waals surface area (Å²) in [5, 5.41) is 1.97. The topological polar surface area (TPSA) is 9.23 Å². The molecule has 0 aliphatic rings. The van der Waals surface area contributed by atoms with Crippen molar-refractivity contribution in [1.82, 2.24) is 0 Å². The number of hydrogen-bond acceptors (Lipinski definition) is 1. The van der Waals surface area contributed by atoms with Crippen molar-refractivity contribution in [1.29, 1.82) is 0 Å². The minimum absolute atomic E-state index is 0.119. The van der Waals surface area contributed by atoms with Crippen LogP contribution in [0.5, 0.6) is 5.75 Å². The van der Waals surface area contributed by atoms with Gasteiger partial charge in [-0.1, -0.05) is 43.3 Å². The lowest BCUT2D eigenvalue weighted by atomic mass is 9.96. The van der Waals surface area contributed by atoms with Crippen molar-refractivity contribution < 1.29 is 26.7 Å². The van der Waals surface area contributed by atoms with Gasteiger partial charge in [-0.25, -0.2) is 13.2 Å². The number of ether oxygens (including phenoxy) is 1. The summed E-state index contributed by atoms with van der Waals surface area (Å²) in [6, 6.07) is 16.7. The second kappa shape index (κ2) is 8.38. The fourth-order valence-corrected chi connectivity index (χ4v) is 3.56. The van der Waals surface area contributed by atoms with Gasteiger partial charge < -0.3 is 4.74 Å². The van der Waals surface area contributed by atoms with Gasteiger partial charge in [-0.05, 0) is 69.8 Å². The van der Waals surface area contributed by atoms with Crippen molar-refractivity contribution in [2.45, 2.75) is 20.0 Å². The van der Waals surface area contributed by atoms with Gasteiger partial charge in [0.1, 0.15) is 11.6 Å². The fraction of sp³-hybridized carbons (Fsp3) is 0.120. The van der Waals surface area contributed by atoms with E-state index in [1.807, 2.05) is 24.3 Å². The van der Waals surface area contributed by atoms with Crippen molar-refractivity contribution in [3.63, 3.8) is 0 Å². The zero-order valence-corrected chi connectivity index (χ0v) is 16.4. The Bertz CT molecular complexity index is 1240. The molecule has 0 aromatic heterocycles. The maximum atomic E-state index is 14.8. The van der Waals surface area contributed by atoms with Crippen LogP contribution in [0.3, 0.4) is 0 Å². The number of halogens is 5. The molecule has 0 fully saturated rings. The second-order valence-corrected chi connectivity index (χ2v) is 7.09. The molecule has 1 nitrogen and oxygen atoms in total. The maximum absolute atomic E-state index is 14.8. The van der Waals surface area contributed by atoms with E-state index < -0.39 is 35.4 Å². The number of fused-ring (bicyclic) bond motifs is 1.